The van der Waals surface area contributed by atoms with Crippen LogP contribution in [0.2, 0.25) is 0 Å². The summed E-state index contributed by atoms with van der Waals surface area (Å²) in [6.07, 6.45) is 19.3. The summed E-state index contributed by atoms with van der Waals surface area (Å²) in [6.45, 7) is 7.70. The van der Waals surface area contributed by atoms with Crippen LogP contribution in [-0.2, 0) is 4.79 Å². The predicted octanol–water partition coefficient (Wildman–Crippen LogP) is 7.31. The topological polar surface area (TPSA) is 41.1 Å². The number of anilines is 1. The molecule has 1 aromatic carbocycles. The summed E-state index contributed by atoms with van der Waals surface area (Å²) in [5, 5.41) is 6.26. The number of hydrogen-bond donors (Lipinski definition) is 2. The molecular formula is C26H46N2O. The van der Waals surface area contributed by atoms with Gasteiger partial charge in [-0.25, -0.2) is 0 Å². The van der Waals surface area contributed by atoms with E-state index in [4.69, 9.17) is 0 Å². The highest BCUT2D eigenvalue weighted by Crippen LogP contribution is 2.16. The number of hydrogen-bond acceptors (Lipinski definition) is 2. The van der Waals surface area contributed by atoms with Crippen LogP contribution in [0.5, 0.6) is 0 Å². The van der Waals surface area contributed by atoms with Gasteiger partial charge in [0.05, 0.1) is 6.54 Å². The van der Waals surface area contributed by atoms with Crippen LogP contribution in [0, 0.1) is 13.8 Å². The van der Waals surface area contributed by atoms with Crippen molar-refractivity contribution in [2.24, 2.45) is 0 Å². The van der Waals surface area contributed by atoms with Crippen molar-refractivity contribution in [2.45, 2.75) is 111 Å². The first-order valence-corrected chi connectivity index (χ1v) is 12.2. The van der Waals surface area contributed by atoms with Crippen LogP contribution in [-0.4, -0.2) is 19.0 Å². The molecule has 0 saturated carbocycles. The lowest BCUT2D eigenvalue weighted by Gasteiger charge is -2.10. The molecular weight excluding hydrogens is 356 g/mol. The maximum absolute atomic E-state index is 12.0. The molecule has 0 saturated heterocycles. The second-order valence-electron chi connectivity index (χ2n) is 8.64. The maximum atomic E-state index is 12.0. The summed E-state index contributed by atoms with van der Waals surface area (Å²) in [6, 6.07) is 6.11. The van der Waals surface area contributed by atoms with Gasteiger partial charge in [0.15, 0.2) is 0 Å². The quantitative estimate of drug-likeness (QED) is 0.253. The Morgan fingerprint density at radius 3 is 1.79 bits per heavy atom. The maximum Gasteiger partial charge on any atom is 0.238 e. The minimum absolute atomic E-state index is 0.0438. The third kappa shape index (κ3) is 14.3. The Morgan fingerprint density at radius 1 is 0.759 bits per heavy atom. The van der Waals surface area contributed by atoms with Gasteiger partial charge in [-0.3, -0.25) is 4.79 Å². The zero-order valence-electron chi connectivity index (χ0n) is 19.5. The van der Waals surface area contributed by atoms with Gasteiger partial charge in [0.25, 0.3) is 0 Å². The zero-order chi connectivity index (χ0) is 21.2. The molecule has 29 heavy (non-hydrogen) atoms. The van der Waals surface area contributed by atoms with E-state index >= 15 is 0 Å². The number of aryl methyl sites for hydroxylation is 2. The van der Waals surface area contributed by atoms with Crippen LogP contribution < -0.4 is 10.6 Å². The Morgan fingerprint density at radius 2 is 1.28 bits per heavy atom. The summed E-state index contributed by atoms with van der Waals surface area (Å²) in [7, 11) is 0. The molecule has 0 heterocycles. The molecule has 3 heteroatoms. The van der Waals surface area contributed by atoms with Crippen molar-refractivity contribution < 1.29 is 4.79 Å². The lowest BCUT2D eigenvalue weighted by molar-refractivity contribution is -0.115. The number of rotatable bonds is 18. The normalized spacial score (nSPS) is 11.0. The van der Waals surface area contributed by atoms with Gasteiger partial charge in [-0.1, -0.05) is 108 Å². The van der Waals surface area contributed by atoms with Crippen molar-refractivity contribution in [2.75, 3.05) is 18.4 Å². The first kappa shape index (κ1) is 25.7. The van der Waals surface area contributed by atoms with Crippen molar-refractivity contribution in [1.29, 1.82) is 0 Å². The summed E-state index contributed by atoms with van der Waals surface area (Å²) in [5.74, 6) is 0.0438. The second-order valence-corrected chi connectivity index (χ2v) is 8.64. The van der Waals surface area contributed by atoms with Gasteiger partial charge in [-0.2, -0.15) is 0 Å². The van der Waals surface area contributed by atoms with Gasteiger partial charge in [-0.15, -0.1) is 0 Å². The predicted molar refractivity (Wildman–Crippen MR) is 128 cm³/mol. The third-order valence-electron chi connectivity index (χ3n) is 5.65. The Balaban J connectivity index is 1.84. The average Bonchev–Trinajstić information content (AvgIpc) is 2.70. The first-order chi connectivity index (χ1) is 14.1. The number of carbonyl (C=O) groups excluding carboxylic acids is 1. The monoisotopic (exact) mass is 402 g/mol. The number of unbranched alkanes of at least 4 members (excludes halogenated alkanes) is 13. The van der Waals surface area contributed by atoms with Gasteiger partial charge >= 0.3 is 0 Å². The molecule has 0 radical (unpaired) electrons. The minimum Gasteiger partial charge on any atom is -0.325 e. The molecule has 1 rings (SSSR count). The van der Waals surface area contributed by atoms with E-state index in [1.54, 1.807) is 0 Å². The van der Waals surface area contributed by atoms with Crippen LogP contribution in [0.15, 0.2) is 18.2 Å². The van der Waals surface area contributed by atoms with Crippen molar-refractivity contribution in [3.8, 4) is 0 Å². The van der Waals surface area contributed by atoms with E-state index in [2.05, 4.69) is 30.5 Å². The van der Waals surface area contributed by atoms with E-state index in [9.17, 15) is 4.79 Å². The second kappa shape index (κ2) is 17.5. The molecule has 0 spiro atoms. The molecule has 0 atom stereocenters. The third-order valence-corrected chi connectivity index (χ3v) is 5.65. The fourth-order valence-electron chi connectivity index (χ4n) is 3.79. The standard InChI is InChI=1S/C26H46N2O/c1-4-5-6-7-8-9-10-11-12-13-14-15-16-17-20-27-22-26(29)28-25-19-18-23(2)21-24(25)3/h18-19,21,27H,4-17,20,22H2,1-3H3,(H,28,29). The Hall–Kier alpha value is -1.35. The first-order valence-electron chi connectivity index (χ1n) is 12.2. The molecule has 1 amide bonds. The number of amides is 1. The highest BCUT2D eigenvalue weighted by Gasteiger charge is 2.04. The zero-order valence-corrected chi connectivity index (χ0v) is 19.5. The van der Waals surface area contributed by atoms with E-state index in [0.717, 1.165) is 24.2 Å². The molecule has 3 nitrogen and oxygen atoms in total. The van der Waals surface area contributed by atoms with E-state index in [0.29, 0.717) is 6.54 Å². The number of nitrogens with one attached hydrogen (secondary N) is 2. The van der Waals surface area contributed by atoms with E-state index < -0.39 is 0 Å². The van der Waals surface area contributed by atoms with Crippen molar-refractivity contribution in [3.63, 3.8) is 0 Å². The SMILES string of the molecule is CCCCCCCCCCCCCCCCNCC(=O)Nc1ccc(C)cc1C. The van der Waals surface area contributed by atoms with Crippen LogP contribution in [0.4, 0.5) is 5.69 Å². The molecule has 0 bridgehead atoms. The Bertz CT molecular complexity index is 542. The highest BCUT2D eigenvalue weighted by molar-refractivity contribution is 5.92. The minimum atomic E-state index is 0.0438. The van der Waals surface area contributed by atoms with Crippen LogP contribution in [0.1, 0.15) is 108 Å². The molecule has 2 N–H and O–H groups in total. The van der Waals surface area contributed by atoms with E-state index in [-0.39, 0.29) is 5.91 Å². The lowest BCUT2D eigenvalue weighted by atomic mass is 10.0. The van der Waals surface area contributed by atoms with Gasteiger partial charge in [0.1, 0.15) is 0 Å². The van der Waals surface area contributed by atoms with Gasteiger partial charge in [0, 0.05) is 5.69 Å². The van der Waals surface area contributed by atoms with Gasteiger partial charge < -0.3 is 10.6 Å². The fourth-order valence-corrected chi connectivity index (χ4v) is 3.79. The Kier molecular flexibility index (Phi) is 15.5. The van der Waals surface area contributed by atoms with Crippen molar-refractivity contribution >= 4 is 11.6 Å². The summed E-state index contributed by atoms with van der Waals surface area (Å²) < 4.78 is 0. The molecule has 1 aromatic rings. The van der Waals surface area contributed by atoms with Crippen LogP contribution in [0.3, 0.4) is 0 Å². The van der Waals surface area contributed by atoms with Crippen molar-refractivity contribution in [1.82, 2.24) is 5.32 Å². The largest absolute Gasteiger partial charge is 0.325 e. The molecule has 166 valence electrons. The number of carbonyl (C=O) groups is 1. The summed E-state index contributed by atoms with van der Waals surface area (Å²) in [4.78, 5) is 12.0. The van der Waals surface area contributed by atoms with Gasteiger partial charge in [-0.05, 0) is 38.4 Å². The molecule has 0 aliphatic heterocycles. The molecule has 0 fully saturated rings. The fraction of sp³-hybridized carbons (Fsp3) is 0.731. The average molecular weight is 403 g/mol. The lowest BCUT2D eigenvalue weighted by Crippen LogP contribution is -2.29. The molecule has 0 aliphatic rings. The highest BCUT2D eigenvalue weighted by atomic mass is 16.1. The molecule has 0 aromatic heterocycles. The summed E-state index contributed by atoms with van der Waals surface area (Å²) in [5.41, 5.74) is 3.25. The van der Waals surface area contributed by atoms with Crippen LogP contribution >= 0.6 is 0 Å². The van der Waals surface area contributed by atoms with Crippen molar-refractivity contribution in [3.05, 3.63) is 29.3 Å². The smallest absolute Gasteiger partial charge is 0.238 e. The Labute approximate surface area is 180 Å². The van der Waals surface area contributed by atoms with Crippen LogP contribution in [0.25, 0.3) is 0 Å². The molecule has 0 unspecified atom stereocenters. The summed E-state index contributed by atoms with van der Waals surface area (Å²) >= 11 is 0. The van der Waals surface area contributed by atoms with E-state index in [1.165, 1.54) is 89.0 Å². The molecule has 0 aliphatic carbocycles. The van der Waals surface area contributed by atoms with Gasteiger partial charge in [0.2, 0.25) is 5.91 Å². The van der Waals surface area contributed by atoms with E-state index in [1.807, 2.05) is 19.1 Å². The number of benzene rings is 1.